The number of hydrogen-bond donors (Lipinski definition) is 0. The molecule has 1 aliphatic rings. The molecular formula is C18H26N4O2. The standard InChI is InChI=1S/C18H26N4O2/c1-10(2)15-9-14(13(6)24-15)18(23)21-7-8-22-16(11(3)4)19-20-17(22)12(21)5/h9-12H,7-8H2,1-6H3. The van der Waals surface area contributed by atoms with Crippen LogP contribution >= 0.6 is 0 Å². The van der Waals surface area contributed by atoms with Crippen LogP contribution in [0.15, 0.2) is 10.5 Å². The highest BCUT2D eigenvalue weighted by Crippen LogP contribution is 2.30. The normalized spacial score (nSPS) is 17.7. The smallest absolute Gasteiger partial charge is 0.258 e. The topological polar surface area (TPSA) is 64.2 Å². The largest absolute Gasteiger partial charge is 0.465 e. The highest BCUT2D eigenvalue weighted by molar-refractivity contribution is 5.95. The van der Waals surface area contributed by atoms with Crippen LogP contribution in [0.25, 0.3) is 0 Å². The molecule has 1 amide bonds. The predicted octanol–water partition coefficient (Wildman–Crippen LogP) is 3.64. The Labute approximate surface area is 142 Å². The first kappa shape index (κ1) is 16.7. The highest BCUT2D eigenvalue weighted by Gasteiger charge is 2.33. The molecule has 0 aromatic carbocycles. The van der Waals surface area contributed by atoms with Crippen molar-refractivity contribution in [3.63, 3.8) is 0 Å². The number of aromatic nitrogens is 3. The quantitative estimate of drug-likeness (QED) is 0.862. The van der Waals surface area contributed by atoms with Crippen LogP contribution in [0.3, 0.4) is 0 Å². The van der Waals surface area contributed by atoms with Gasteiger partial charge in [-0.1, -0.05) is 27.7 Å². The van der Waals surface area contributed by atoms with E-state index in [-0.39, 0.29) is 17.9 Å². The number of rotatable bonds is 3. The minimum atomic E-state index is -0.0944. The van der Waals surface area contributed by atoms with Gasteiger partial charge in [0.15, 0.2) is 5.82 Å². The lowest BCUT2D eigenvalue weighted by Gasteiger charge is -2.34. The number of hydrogen-bond acceptors (Lipinski definition) is 4. The van der Waals surface area contributed by atoms with Crippen LogP contribution in [0.2, 0.25) is 0 Å². The lowest BCUT2D eigenvalue weighted by Crippen LogP contribution is -2.41. The van der Waals surface area contributed by atoms with E-state index in [1.54, 1.807) is 0 Å². The number of carbonyl (C=O) groups is 1. The summed E-state index contributed by atoms with van der Waals surface area (Å²) in [6, 6.07) is 1.79. The van der Waals surface area contributed by atoms with Crippen LogP contribution in [-0.2, 0) is 6.54 Å². The molecule has 0 aliphatic carbocycles. The molecule has 3 rings (SSSR count). The fraction of sp³-hybridized carbons (Fsp3) is 0.611. The Balaban J connectivity index is 1.89. The molecule has 1 atom stereocenters. The summed E-state index contributed by atoms with van der Waals surface area (Å²) in [6.07, 6.45) is 0. The maximum Gasteiger partial charge on any atom is 0.258 e. The Bertz CT molecular complexity index is 757. The summed E-state index contributed by atoms with van der Waals surface area (Å²) in [4.78, 5) is 14.9. The molecule has 24 heavy (non-hydrogen) atoms. The van der Waals surface area contributed by atoms with E-state index < -0.39 is 0 Å². The van der Waals surface area contributed by atoms with Crippen molar-refractivity contribution >= 4 is 5.91 Å². The summed E-state index contributed by atoms with van der Waals surface area (Å²) < 4.78 is 7.90. The molecule has 6 heteroatoms. The van der Waals surface area contributed by atoms with Crippen molar-refractivity contribution in [1.82, 2.24) is 19.7 Å². The third-order valence-corrected chi connectivity index (χ3v) is 4.73. The van der Waals surface area contributed by atoms with Crippen LogP contribution < -0.4 is 0 Å². The Morgan fingerprint density at radius 3 is 2.50 bits per heavy atom. The lowest BCUT2D eigenvalue weighted by molar-refractivity contribution is 0.0634. The summed E-state index contributed by atoms with van der Waals surface area (Å²) in [5.41, 5.74) is 0.655. The molecule has 1 unspecified atom stereocenters. The number of furan rings is 1. The van der Waals surface area contributed by atoms with Gasteiger partial charge in [0.1, 0.15) is 17.3 Å². The first-order chi connectivity index (χ1) is 11.3. The number of carbonyl (C=O) groups excluding carboxylic acids is 1. The minimum absolute atomic E-state index is 0.0102. The lowest BCUT2D eigenvalue weighted by atomic mass is 10.1. The van der Waals surface area contributed by atoms with Crippen molar-refractivity contribution in [3.8, 4) is 0 Å². The molecule has 0 fully saturated rings. The molecule has 130 valence electrons. The highest BCUT2D eigenvalue weighted by atomic mass is 16.3. The number of aryl methyl sites for hydroxylation is 1. The molecule has 0 saturated carbocycles. The Morgan fingerprint density at radius 1 is 1.21 bits per heavy atom. The third kappa shape index (κ3) is 2.64. The van der Waals surface area contributed by atoms with Gasteiger partial charge in [-0.3, -0.25) is 4.79 Å². The molecule has 0 spiro atoms. The molecule has 6 nitrogen and oxygen atoms in total. The first-order valence-electron chi connectivity index (χ1n) is 8.65. The van der Waals surface area contributed by atoms with E-state index in [0.29, 0.717) is 23.8 Å². The van der Waals surface area contributed by atoms with Gasteiger partial charge in [-0.25, -0.2) is 0 Å². The summed E-state index contributed by atoms with van der Waals surface area (Å²) in [6.45, 7) is 13.6. The van der Waals surface area contributed by atoms with Crippen molar-refractivity contribution in [2.24, 2.45) is 0 Å². The second-order valence-electron chi connectivity index (χ2n) is 7.17. The van der Waals surface area contributed by atoms with Crippen molar-refractivity contribution < 1.29 is 9.21 Å². The molecule has 2 aromatic rings. The molecule has 0 N–H and O–H groups in total. The van der Waals surface area contributed by atoms with Crippen molar-refractivity contribution in [2.75, 3.05) is 6.54 Å². The summed E-state index contributed by atoms with van der Waals surface area (Å²) >= 11 is 0. The SMILES string of the molecule is Cc1oc(C(C)C)cc1C(=O)N1CCn2c(C(C)C)nnc2C1C. The fourth-order valence-corrected chi connectivity index (χ4v) is 3.27. The predicted molar refractivity (Wildman–Crippen MR) is 91.1 cm³/mol. The molecule has 3 heterocycles. The van der Waals surface area contributed by atoms with Crippen LogP contribution in [-0.4, -0.2) is 32.1 Å². The first-order valence-corrected chi connectivity index (χ1v) is 8.65. The van der Waals surface area contributed by atoms with Crippen LogP contribution in [0.5, 0.6) is 0 Å². The molecule has 0 radical (unpaired) electrons. The van der Waals surface area contributed by atoms with Crippen molar-refractivity contribution in [1.29, 1.82) is 0 Å². The Morgan fingerprint density at radius 2 is 1.92 bits per heavy atom. The molecule has 0 bridgehead atoms. The molecule has 0 saturated heterocycles. The van der Waals surface area contributed by atoms with Crippen LogP contribution in [0.4, 0.5) is 0 Å². The second kappa shape index (κ2) is 6.07. The van der Waals surface area contributed by atoms with E-state index in [1.165, 1.54) is 0 Å². The third-order valence-electron chi connectivity index (χ3n) is 4.73. The van der Waals surface area contributed by atoms with E-state index in [0.717, 1.165) is 24.0 Å². The number of amides is 1. The van der Waals surface area contributed by atoms with E-state index in [9.17, 15) is 4.79 Å². The van der Waals surface area contributed by atoms with Gasteiger partial charge in [-0.05, 0) is 19.9 Å². The van der Waals surface area contributed by atoms with Gasteiger partial charge in [-0.2, -0.15) is 0 Å². The zero-order valence-electron chi connectivity index (χ0n) is 15.3. The average Bonchev–Trinajstić information content (AvgIpc) is 3.11. The van der Waals surface area contributed by atoms with E-state index >= 15 is 0 Å². The van der Waals surface area contributed by atoms with Crippen LogP contribution in [0.1, 0.15) is 86.0 Å². The average molecular weight is 330 g/mol. The Kier molecular flexibility index (Phi) is 4.24. The van der Waals surface area contributed by atoms with E-state index in [2.05, 4.69) is 42.5 Å². The summed E-state index contributed by atoms with van der Waals surface area (Å²) in [5, 5.41) is 8.65. The monoisotopic (exact) mass is 330 g/mol. The molecular weight excluding hydrogens is 304 g/mol. The van der Waals surface area contributed by atoms with E-state index in [4.69, 9.17) is 4.42 Å². The van der Waals surface area contributed by atoms with Gasteiger partial charge in [-0.15, -0.1) is 10.2 Å². The van der Waals surface area contributed by atoms with Gasteiger partial charge in [0.2, 0.25) is 0 Å². The number of fused-ring (bicyclic) bond motifs is 1. The van der Waals surface area contributed by atoms with Crippen molar-refractivity contribution in [2.45, 2.75) is 66.0 Å². The molecule has 1 aliphatic heterocycles. The summed E-state index contributed by atoms with van der Waals surface area (Å²) in [7, 11) is 0. The molecule has 2 aromatic heterocycles. The Hall–Kier alpha value is -2.11. The van der Waals surface area contributed by atoms with E-state index in [1.807, 2.05) is 24.8 Å². The second-order valence-corrected chi connectivity index (χ2v) is 7.17. The van der Waals surface area contributed by atoms with Gasteiger partial charge in [0.05, 0.1) is 11.6 Å². The maximum atomic E-state index is 13.0. The van der Waals surface area contributed by atoms with Crippen molar-refractivity contribution in [3.05, 3.63) is 34.8 Å². The fourth-order valence-electron chi connectivity index (χ4n) is 3.27. The van der Waals surface area contributed by atoms with Gasteiger partial charge < -0.3 is 13.9 Å². The van der Waals surface area contributed by atoms with Gasteiger partial charge >= 0.3 is 0 Å². The van der Waals surface area contributed by atoms with Gasteiger partial charge in [0, 0.05) is 24.9 Å². The maximum absolute atomic E-state index is 13.0. The number of nitrogens with zero attached hydrogens (tertiary/aromatic N) is 4. The zero-order valence-corrected chi connectivity index (χ0v) is 15.3. The summed E-state index contributed by atoms with van der Waals surface area (Å²) in [5.74, 6) is 3.99. The minimum Gasteiger partial charge on any atom is -0.465 e. The zero-order chi connectivity index (χ0) is 17.6. The van der Waals surface area contributed by atoms with Crippen LogP contribution in [0, 0.1) is 6.92 Å². The van der Waals surface area contributed by atoms with Gasteiger partial charge in [0.25, 0.3) is 5.91 Å².